The van der Waals surface area contributed by atoms with Crippen molar-refractivity contribution < 1.29 is 13.5 Å². The van der Waals surface area contributed by atoms with Gasteiger partial charge < -0.3 is 9.67 Å². The topological polar surface area (TPSA) is 84.2 Å². The zero-order chi connectivity index (χ0) is 16.7. The molecule has 0 atom stereocenters. The Balaban J connectivity index is 1.70. The van der Waals surface area contributed by atoms with Crippen LogP contribution >= 0.6 is 0 Å². The first-order chi connectivity index (χ1) is 10.8. The Hall–Kier alpha value is -1.70. The van der Waals surface area contributed by atoms with E-state index in [9.17, 15) is 13.5 Å². The Morgan fingerprint density at radius 1 is 1.30 bits per heavy atom. The van der Waals surface area contributed by atoms with Crippen LogP contribution in [0.4, 0.5) is 0 Å². The lowest BCUT2D eigenvalue weighted by atomic mass is 10.0. The van der Waals surface area contributed by atoms with Crippen LogP contribution in [0, 0.1) is 0 Å². The fourth-order valence-corrected chi connectivity index (χ4v) is 3.89. The molecule has 7 heteroatoms. The van der Waals surface area contributed by atoms with Crippen molar-refractivity contribution in [2.45, 2.75) is 43.4 Å². The number of aliphatic hydroxyl groups is 1. The van der Waals surface area contributed by atoms with Crippen molar-refractivity contribution in [1.29, 1.82) is 0 Å². The van der Waals surface area contributed by atoms with Crippen LogP contribution in [0.3, 0.4) is 0 Å². The van der Waals surface area contributed by atoms with Gasteiger partial charge in [-0.2, -0.15) is 0 Å². The maximum Gasteiger partial charge on any atom is 0.259 e. The van der Waals surface area contributed by atoms with Crippen molar-refractivity contribution in [3.05, 3.63) is 47.9 Å². The van der Waals surface area contributed by atoms with Crippen LogP contribution in [0.15, 0.2) is 41.8 Å². The summed E-state index contributed by atoms with van der Waals surface area (Å²) in [6, 6.07) is 7.92. The van der Waals surface area contributed by atoms with E-state index in [4.69, 9.17) is 0 Å². The van der Waals surface area contributed by atoms with Crippen molar-refractivity contribution in [2.24, 2.45) is 0 Å². The predicted octanol–water partition coefficient (Wildman–Crippen LogP) is 1.27. The number of hydrogen-bond donors (Lipinski definition) is 2. The highest BCUT2D eigenvalue weighted by Crippen LogP contribution is 2.29. The molecule has 1 aliphatic carbocycles. The van der Waals surface area contributed by atoms with Crippen molar-refractivity contribution in [1.82, 2.24) is 14.3 Å². The highest BCUT2D eigenvalue weighted by molar-refractivity contribution is 7.89. The summed E-state index contributed by atoms with van der Waals surface area (Å²) in [5, 5.41) is 10.6. The summed E-state index contributed by atoms with van der Waals surface area (Å²) < 4.78 is 28.9. The van der Waals surface area contributed by atoms with E-state index in [1.165, 1.54) is 12.5 Å². The maximum atomic E-state index is 12.3. The summed E-state index contributed by atoms with van der Waals surface area (Å²) in [5.41, 5.74) is 1.05. The van der Waals surface area contributed by atoms with E-state index in [-0.39, 0.29) is 17.6 Å². The molecule has 2 aromatic rings. The minimum absolute atomic E-state index is 0.0229. The standard InChI is InChI=1S/C16H21N3O3S/c1-12(2)19-9-15(17-11-19)23(21,22)18-10-16(20)7-13-5-3-4-6-14(13)8-16/h3-6,9,11-12,18,20H,7-8,10H2,1-2H3. The minimum atomic E-state index is -3.73. The Kier molecular flexibility index (Phi) is 4.03. The molecule has 1 heterocycles. The summed E-state index contributed by atoms with van der Waals surface area (Å²) in [4.78, 5) is 3.95. The number of benzene rings is 1. The Morgan fingerprint density at radius 3 is 2.43 bits per heavy atom. The first-order valence-electron chi connectivity index (χ1n) is 7.61. The number of imidazole rings is 1. The molecule has 0 aliphatic heterocycles. The second-order valence-corrected chi connectivity index (χ2v) is 8.14. The number of sulfonamides is 1. The summed E-state index contributed by atoms with van der Waals surface area (Å²) in [6.07, 6.45) is 3.90. The number of aromatic nitrogens is 2. The molecule has 0 fully saturated rings. The molecule has 1 aliphatic rings. The third-order valence-electron chi connectivity index (χ3n) is 4.20. The Labute approximate surface area is 136 Å². The number of nitrogens with zero attached hydrogens (tertiary/aromatic N) is 2. The summed E-state index contributed by atoms with van der Waals surface area (Å²) >= 11 is 0. The van der Waals surface area contributed by atoms with Crippen molar-refractivity contribution in [3.8, 4) is 0 Å². The highest BCUT2D eigenvalue weighted by atomic mass is 32.2. The van der Waals surface area contributed by atoms with Gasteiger partial charge in [-0.3, -0.25) is 0 Å². The number of rotatable bonds is 5. The van der Waals surface area contributed by atoms with E-state index < -0.39 is 15.6 Å². The lowest BCUT2D eigenvalue weighted by Crippen LogP contribution is -2.43. The molecule has 0 spiro atoms. The molecule has 0 unspecified atom stereocenters. The molecule has 0 saturated carbocycles. The van der Waals surface area contributed by atoms with Gasteiger partial charge in [0.1, 0.15) is 0 Å². The van der Waals surface area contributed by atoms with Gasteiger partial charge in [0, 0.05) is 31.6 Å². The van der Waals surface area contributed by atoms with Crippen LogP contribution in [-0.2, 0) is 22.9 Å². The van der Waals surface area contributed by atoms with Crippen molar-refractivity contribution >= 4 is 10.0 Å². The molecule has 3 rings (SSSR count). The normalized spacial score (nSPS) is 16.7. The lowest BCUT2D eigenvalue weighted by molar-refractivity contribution is 0.0567. The average Bonchev–Trinajstić information content (AvgIpc) is 3.10. The third-order valence-corrected chi connectivity index (χ3v) is 5.48. The highest BCUT2D eigenvalue weighted by Gasteiger charge is 2.36. The molecule has 0 bridgehead atoms. The molecular weight excluding hydrogens is 314 g/mol. The first-order valence-corrected chi connectivity index (χ1v) is 9.10. The molecule has 1 aromatic heterocycles. The lowest BCUT2D eigenvalue weighted by Gasteiger charge is -2.22. The fraction of sp³-hybridized carbons (Fsp3) is 0.438. The third kappa shape index (κ3) is 3.31. The van der Waals surface area contributed by atoms with Crippen LogP contribution in [-0.4, -0.2) is 35.2 Å². The molecule has 23 heavy (non-hydrogen) atoms. The van der Waals surface area contributed by atoms with Crippen LogP contribution in [0.5, 0.6) is 0 Å². The van der Waals surface area contributed by atoms with Gasteiger partial charge in [-0.05, 0) is 25.0 Å². The fourth-order valence-electron chi connectivity index (χ4n) is 2.84. The quantitative estimate of drug-likeness (QED) is 0.862. The van der Waals surface area contributed by atoms with Gasteiger partial charge in [-0.15, -0.1) is 0 Å². The molecule has 0 saturated heterocycles. The van der Waals surface area contributed by atoms with Gasteiger partial charge in [0.25, 0.3) is 10.0 Å². The van der Waals surface area contributed by atoms with E-state index in [0.29, 0.717) is 12.8 Å². The molecular formula is C16H21N3O3S. The molecule has 2 N–H and O–H groups in total. The summed E-state index contributed by atoms with van der Waals surface area (Å²) in [7, 11) is -3.73. The molecule has 0 radical (unpaired) electrons. The predicted molar refractivity (Wildman–Crippen MR) is 86.6 cm³/mol. The van der Waals surface area contributed by atoms with Gasteiger partial charge >= 0.3 is 0 Å². The first kappa shape index (κ1) is 16.2. The van der Waals surface area contributed by atoms with Crippen LogP contribution < -0.4 is 4.72 Å². The Bertz CT molecular complexity index is 786. The van der Waals surface area contributed by atoms with E-state index >= 15 is 0 Å². The number of fused-ring (bicyclic) bond motifs is 1. The summed E-state index contributed by atoms with van der Waals surface area (Å²) in [5.74, 6) is 0. The van der Waals surface area contributed by atoms with Crippen LogP contribution in [0.1, 0.15) is 31.0 Å². The van der Waals surface area contributed by atoms with Crippen LogP contribution in [0.25, 0.3) is 0 Å². The van der Waals surface area contributed by atoms with Crippen molar-refractivity contribution in [3.63, 3.8) is 0 Å². The SMILES string of the molecule is CC(C)n1cnc(S(=O)(=O)NCC2(O)Cc3ccccc3C2)c1. The molecule has 0 amide bonds. The average molecular weight is 335 g/mol. The van der Waals surface area contributed by atoms with E-state index in [1.54, 1.807) is 4.57 Å². The minimum Gasteiger partial charge on any atom is -0.388 e. The second-order valence-electron chi connectivity index (χ2n) is 6.42. The van der Waals surface area contributed by atoms with Gasteiger partial charge in [-0.25, -0.2) is 18.1 Å². The van der Waals surface area contributed by atoms with Gasteiger partial charge in [-0.1, -0.05) is 24.3 Å². The summed E-state index contributed by atoms with van der Waals surface area (Å²) in [6.45, 7) is 3.87. The van der Waals surface area contributed by atoms with Gasteiger partial charge in [0.15, 0.2) is 5.03 Å². The zero-order valence-corrected chi connectivity index (χ0v) is 14.0. The van der Waals surface area contributed by atoms with Gasteiger partial charge in [0.05, 0.1) is 11.9 Å². The van der Waals surface area contributed by atoms with E-state index in [1.807, 2.05) is 38.1 Å². The second kappa shape index (κ2) is 5.74. The Morgan fingerprint density at radius 2 is 1.91 bits per heavy atom. The molecule has 6 nitrogen and oxygen atoms in total. The largest absolute Gasteiger partial charge is 0.388 e. The maximum absolute atomic E-state index is 12.3. The smallest absolute Gasteiger partial charge is 0.259 e. The number of hydrogen-bond acceptors (Lipinski definition) is 4. The number of nitrogens with one attached hydrogen (secondary N) is 1. The van der Waals surface area contributed by atoms with E-state index in [2.05, 4.69) is 9.71 Å². The monoisotopic (exact) mass is 335 g/mol. The van der Waals surface area contributed by atoms with E-state index in [0.717, 1.165) is 11.1 Å². The van der Waals surface area contributed by atoms with Crippen molar-refractivity contribution in [2.75, 3.05) is 6.54 Å². The van der Waals surface area contributed by atoms with Crippen LogP contribution in [0.2, 0.25) is 0 Å². The molecule has 1 aromatic carbocycles. The molecule has 124 valence electrons. The van der Waals surface area contributed by atoms with Gasteiger partial charge in [0.2, 0.25) is 0 Å². The zero-order valence-electron chi connectivity index (χ0n) is 13.2.